The minimum absolute atomic E-state index is 0.0502. The number of ether oxygens (including phenoxy) is 1. The van der Waals surface area contributed by atoms with Crippen LogP contribution in [0.3, 0.4) is 0 Å². The van der Waals surface area contributed by atoms with Gasteiger partial charge in [-0.25, -0.2) is 0 Å². The zero-order chi connectivity index (χ0) is 31.1. The molecular weight excluding hydrogens is 530 g/mol. The molecule has 1 N–H and O–H groups in total. The number of rotatable bonds is 12. The zero-order valence-electron chi connectivity index (χ0n) is 26.3. The number of aliphatic hydroxyl groups is 1. The van der Waals surface area contributed by atoms with Crippen molar-refractivity contribution in [1.29, 1.82) is 0 Å². The first kappa shape index (κ1) is 32.0. The fraction of sp³-hybridized carbons (Fsp3) is 0.618. The summed E-state index contributed by atoms with van der Waals surface area (Å²) in [5.41, 5.74) is -1.89. The van der Waals surface area contributed by atoms with Gasteiger partial charge in [-0.1, -0.05) is 51.1 Å². The number of anilines is 1. The number of benzene rings is 1. The number of nitrogens with zero attached hydrogens (tertiary/aromatic N) is 3. The Morgan fingerprint density at radius 3 is 2.29 bits per heavy atom. The summed E-state index contributed by atoms with van der Waals surface area (Å²) in [6.45, 7) is 21.0. The monoisotopic (exact) mass is 579 g/mol. The molecule has 0 aliphatic carbocycles. The lowest BCUT2D eigenvalue weighted by Gasteiger charge is -2.45. The second-order valence-electron chi connectivity index (χ2n) is 14.2. The maximum absolute atomic E-state index is 14.8. The molecule has 230 valence electrons. The highest BCUT2D eigenvalue weighted by Gasteiger charge is 2.78. The summed E-state index contributed by atoms with van der Waals surface area (Å²) in [7, 11) is 0. The molecule has 0 aromatic heterocycles. The number of amides is 3. The summed E-state index contributed by atoms with van der Waals surface area (Å²) in [5.74, 6) is -2.20. The van der Waals surface area contributed by atoms with Crippen LogP contribution in [0.25, 0.3) is 0 Å². The van der Waals surface area contributed by atoms with Crippen LogP contribution in [0.1, 0.15) is 67.2 Å². The minimum Gasteiger partial charge on any atom is -0.396 e. The van der Waals surface area contributed by atoms with Gasteiger partial charge in [0.1, 0.15) is 11.6 Å². The van der Waals surface area contributed by atoms with Crippen molar-refractivity contribution < 1.29 is 24.2 Å². The smallest absolute Gasteiger partial charge is 0.249 e. The Morgan fingerprint density at radius 2 is 1.71 bits per heavy atom. The van der Waals surface area contributed by atoms with Gasteiger partial charge >= 0.3 is 0 Å². The van der Waals surface area contributed by atoms with Crippen LogP contribution in [0.15, 0.2) is 55.6 Å². The highest BCUT2D eigenvalue weighted by molar-refractivity contribution is 6.03. The molecule has 5 atom stereocenters. The molecule has 2 unspecified atom stereocenters. The van der Waals surface area contributed by atoms with Crippen molar-refractivity contribution >= 4 is 23.4 Å². The van der Waals surface area contributed by atoms with E-state index in [1.165, 1.54) is 0 Å². The van der Waals surface area contributed by atoms with Crippen LogP contribution in [0, 0.1) is 17.3 Å². The highest BCUT2D eigenvalue weighted by Crippen LogP contribution is 2.63. The van der Waals surface area contributed by atoms with Gasteiger partial charge in [-0.05, 0) is 64.0 Å². The Bertz CT molecular complexity index is 1210. The average Bonchev–Trinajstić information content (AvgIpc) is 3.48. The van der Waals surface area contributed by atoms with Crippen LogP contribution < -0.4 is 4.90 Å². The molecule has 3 amide bonds. The first-order valence-electron chi connectivity index (χ1n) is 15.2. The van der Waals surface area contributed by atoms with Crippen LogP contribution in [-0.2, 0) is 19.1 Å². The van der Waals surface area contributed by atoms with E-state index in [4.69, 9.17) is 4.74 Å². The van der Waals surface area contributed by atoms with E-state index >= 15 is 0 Å². The van der Waals surface area contributed by atoms with Gasteiger partial charge in [0.05, 0.1) is 17.4 Å². The first-order chi connectivity index (χ1) is 19.7. The lowest BCUT2D eigenvalue weighted by atomic mass is 9.65. The summed E-state index contributed by atoms with van der Waals surface area (Å²) < 4.78 is 6.85. The van der Waals surface area contributed by atoms with Crippen molar-refractivity contribution in [1.82, 2.24) is 9.80 Å². The molecule has 2 bridgehead atoms. The number of para-hydroxylation sites is 1. The van der Waals surface area contributed by atoms with Gasteiger partial charge in [-0.3, -0.25) is 14.4 Å². The zero-order valence-corrected chi connectivity index (χ0v) is 26.3. The van der Waals surface area contributed by atoms with E-state index in [2.05, 4.69) is 47.8 Å². The maximum Gasteiger partial charge on any atom is 0.249 e. The Labute approximate surface area is 251 Å². The maximum atomic E-state index is 14.8. The number of hydrogen-bond acceptors (Lipinski definition) is 5. The number of carbonyl (C=O) groups excluding carboxylic acids is 3. The van der Waals surface area contributed by atoms with Gasteiger partial charge < -0.3 is 24.5 Å². The molecule has 42 heavy (non-hydrogen) atoms. The lowest BCUT2D eigenvalue weighted by Crippen LogP contribution is -2.61. The molecule has 3 saturated heterocycles. The van der Waals surface area contributed by atoms with Gasteiger partial charge in [-0.15, -0.1) is 13.2 Å². The van der Waals surface area contributed by atoms with Gasteiger partial charge in [-0.2, -0.15) is 0 Å². The van der Waals surface area contributed by atoms with Gasteiger partial charge in [0.2, 0.25) is 17.7 Å². The summed E-state index contributed by atoms with van der Waals surface area (Å²) in [4.78, 5) is 48.7. The Kier molecular flexibility index (Phi) is 8.83. The van der Waals surface area contributed by atoms with Crippen LogP contribution in [0.5, 0.6) is 0 Å². The molecule has 0 saturated carbocycles. The van der Waals surface area contributed by atoms with Crippen molar-refractivity contribution in [2.24, 2.45) is 17.3 Å². The summed E-state index contributed by atoms with van der Waals surface area (Å²) >= 11 is 0. The van der Waals surface area contributed by atoms with Gasteiger partial charge in [0.25, 0.3) is 0 Å². The van der Waals surface area contributed by atoms with E-state index in [1.807, 2.05) is 42.2 Å². The number of aliphatic hydroxyl groups excluding tert-OH is 1. The van der Waals surface area contributed by atoms with Crippen molar-refractivity contribution in [2.75, 3.05) is 31.1 Å². The van der Waals surface area contributed by atoms with E-state index in [0.29, 0.717) is 25.8 Å². The van der Waals surface area contributed by atoms with Crippen molar-refractivity contribution in [3.8, 4) is 0 Å². The molecule has 8 nitrogen and oxygen atoms in total. The Morgan fingerprint density at radius 1 is 1.07 bits per heavy atom. The predicted octanol–water partition coefficient (Wildman–Crippen LogP) is 4.58. The SMILES string of the molecule is C=CCN(C(=O)[C@@H]1[C@H]2C(=O)N(CCCO)C(C(=O)N(CC=C)C(C)(C)CC(C)(C)C)C23CC[C@@]1(C)O3)c1ccccc1. The summed E-state index contributed by atoms with van der Waals surface area (Å²) in [5, 5.41) is 9.71. The topological polar surface area (TPSA) is 90.4 Å². The third-order valence-corrected chi connectivity index (χ3v) is 9.25. The van der Waals surface area contributed by atoms with Crippen molar-refractivity contribution in [3.05, 3.63) is 55.6 Å². The van der Waals surface area contributed by atoms with E-state index in [1.54, 1.807) is 22.0 Å². The van der Waals surface area contributed by atoms with Crippen molar-refractivity contribution in [3.63, 3.8) is 0 Å². The predicted molar refractivity (Wildman–Crippen MR) is 165 cm³/mol. The van der Waals surface area contributed by atoms with E-state index in [-0.39, 0.29) is 42.8 Å². The highest BCUT2D eigenvalue weighted by atomic mass is 16.5. The molecule has 8 heteroatoms. The molecule has 3 fully saturated rings. The second kappa shape index (κ2) is 11.6. The fourth-order valence-electron chi connectivity index (χ4n) is 8.10. The normalized spacial score (nSPS) is 28.5. The summed E-state index contributed by atoms with van der Waals surface area (Å²) in [6, 6.07) is 8.48. The third-order valence-electron chi connectivity index (χ3n) is 9.25. The molecule has 0 radical (unpaired) electrons. The minimum atomic E-state index is -1.13. The molecule has 3 aliphatic rings. The Hall–Kier alpha value is -2.97. The van der Waals surface area contributed by atoms with E-state index < -0.39 is 34.6 Å². The molecule has 1 spiro atoms. The van der Waals surface area contributed by atoms with Gasteiger partial charge in [0, 0.05) is 37.5 Å². The lowest BCUT2D eigenvalue weighted by molar-refractivity contribution is -0.156. The molecule has 3 heterocycles. The Balaban J connectivity index is 1.80. The number of carbonyl (C=O) groups is 3. The number of fused-ring (bicyclic) bond motifs is 1. The van der Waals surface area contributed by atoms with Crippen LogP contribution in [-0.4, -0.2) is 81.7 Å². The molecule has 4 rings (SSSR count). The second-order valence-corrected chi connectivity index (χ2v) is 14.2. The standard InChI is InChI=1S/C34H49N3O5/c1-9-19-35(24-15-12-11-13-16-24)28(39)25-26-29(40)36(21-14-22-38)27(34(26)18-17-33(25,8)42-34)30(41)37(20-10-2)32(6,7)23-31(3,4)5/h9-13,15-16,25-27,38H,1-2,14,17-23H2,3-8H3/t25-,26-,27?,33+,34?/m0/s1. The number of hydrogen-bond donors (Lipinski definition) is 1. The van der Waals surface area contributed by atoms with Gasteiger partial charge in [0.15, 0.2) is 0 Å². The van der Waals surface area contributed by atoms with Crippen LogP contribution in [0.2, 0.25) is 0 Å². The summed E-state index contributed by atoms with van der Waals surface area (Å²) in [6.07, 6.45) is 5.53. The van der Waals surface area contributed by atoms with E-state index in [0.717, 1.165) is 12.1 Å². The largest absolute Gasteiger partial charge is 0.396 e. The average molecular weight is 580 g/mol. The quantitative estimate of drug-likeness (QED) is 0.366. The van der Waals surface area contributed by atoms with Crippen LogP contribution >= 0.6 is 0 Å². The van der Waals surface area contributed by atoms with E-state index in [9.17, 15) is 19.5 Å². The first-order valence-corrected chi connectivity index (χ1v) is 15.2. The molecule has 1 aromatic carbocycles. The molecule has 3 aliphatic heterocycles. The van der Waals surface area contributed by atoms with Crippen molar-refractivity contribution in [2.45, 2.75) is 90.0 Å². The molecular formula is C34H49N3O5. The van der Waals surface area contributed by atoms with Crippen LogP contribution in [0.4, 0.5) is 5.69 Å². The molecule has 1 aromatic rings. The number of likely N-dealkylation sites (tertiary alicyclic amines) is 1. The fourth-order valence-corrected chi connectivity index (χ4v) is 8.10. The third kappa shape index (κ3) is 5.44.